The van der Waals surface area contributed by atoms with Crippen LogP contribution in [0.25, 0.3) is 0 Å². The zero-order valence-electron chi connectivity index (χ0n) is 13.3. The van der Waals surface area contributed by atoms with E-state index in [-0.39, 0.29) is 12.6 Å². The van der Waals surface area contributed by atoms with Crippen molar-refractivity contribution in [2.24, 2.45) is 0 Å². The van der Waals surface area contributed by atoms with Crippen LogP contribution in [0.3, 0.4) is 0 Å². The van der Waals surface area contributed by atoms with Crippen LogP contribution in [0, 0.1) is 20.8 Å². The largest absolute Gasteiger partial charge is 0.466 e. The summed E-state index contributed by atoms with van der Waals surface area (Å²) in [5.74, 6) is 2.74. The van der Waals surface area contributed by atoms with Gasteiger partial charge in [0.2, 0.25) is 0 Å². The highest BCUT2D eigenvalue weighted by atomic mass is 16.4. The fourth-order valence-electron chi connectivity index (χ4n) is 2.16. The van der Waals surface area contributed by atoms with Gasteiger partial charge >= 0.3 is 6.03 Å². The number of rotatable bonds is 5. The van der Waals surface area contributed by atoms with E-state index in [0.29, 0.717) is 18.1 Å². The first-order chi connectivity index (χ1) is 10.3. The molecule has 120 valence electrons. The summed E-state index contributed by atoms with van der Waals surface area (Å²) in [5.41, 5.74) is -0.325. The lowest BCUT2D eigenvalue weighted by Crippen LogP contribution is -2.43. The molecule has 0 aliphatic heterocycles. The lowest BCUT2D eigenvalue weighted by molar-refractivity contribution is 0.0359. The maximum absolute atomic E-state index is 11.8. The van der Waals surface area contributed by atoms with E-state index in [1.807, 2.05) is 19.9 Å². The number of carbonyl (C=O) groups is 1. The predicted octanol–water partition coefficient (Wildman–Crippen LogP) is 2.50. The van der Waals surface area contributed by atoms with E-state index in [2.05, 4.69) is 10.6 Å². The topological polar surface area (TPSA) is 87.6 Å². The normalized spacial score (nSPS) is 13.7. The molecule has 2 aromatic heterocycles. The Morgan fingerprint density at radius 1 is 1.18 bits per heavy atom. The summed E-state index contributed by atoms with van der Waals surface area (Å²) >= 11 is 0. The van der Waals surface area contributed by atoms with Gasteiger partial charge in [-0.25, -0.2) is 4.79 Å². The van der Waals surface area contributed by atoms with Gasteiger partial charge in [-0.05, 0) is 45.9 Å². The van der Waals surface area contributed by atoms with Gasteiger partial charge in [0.05, 0.1) is 6.54 Å². The van der Waals surface area contributed by atoms with Gasteiger partial charge in [0, 0.05) is 12.1 Å². The molecule has 22 heavy (non-hydrogen) atoms. The highest BCUT2D eigenvalue weighted by molar-refractivity contribution is 5.73. The second-order valence-corrected chi connectivity index (χ2v) is 5.66. The molecule has 6 nitrogen and oxygen atoms in total. The Morgan fingerprint density at radius 3 is 2.45 bits per heavy atom. The third-order valence-corrected chi connectivity index (χ3v) is 3.45. The molecule has 0 bridgehead atoms. The van der Waals surface area contributed by atoms with E-state index in [1.54, 1.807) is 26.0 Å². The third kappa shape index (κ3) is 3.92. The lowest BCUT2D eigenvalue weighted by atomic mass is 10.0. The number of nitrogens with one attached hydrogen (secondary N) is 2. The average Bonchev–Trinajstić information content (AvgIpc) is 3.00. The summed E-state index contributed by atoms with van der Waals surface area (Å²) in [6, 6.07) is 5.00. The first-order valence-corrected chi connectivity index (χ1v) is 7.15. The van der Waals surface area contributed by atoms with E-state index in [9.17, 15) is 9.90 Å². The van der Waals surface area contributed by atoms with Crippen molar-refractivity contribution in [3.05, 3.63) is 46.8 Å². The quantitative estimate of drug-likeness (QED) is 0.792. The first kappa shape index (κ1) is 16.2. The van der Waals surface area contributed by atoms with E-state index < -0.39 is 5.60 Å². The monoisotopic (exact) mass is 306 g/mol. The highest BCUT2D eigenvalue weighted by Crippen LogP contribution is 2.21. The molecular weight excluding hydrogens is 284 g/mol. The van der Waals surface area contributed by atoms with Crippen LogP contribution in [0.15, 0.2) is 27.0 Å². The molecule has 0 aliphatic carbocycles. The molecule has 0 radical (unpaired) electrons. The SMILES string of the molecule is Cc1ccc(C(C)(O)CNC(=O)NCc2cc(C)oc2C)o1. The van der Waals surface area contributed by atoms with Crippen molar-refractivity contribution in [3.63, 3.8) is 0 Å². The van der Waals surface area contributed by atoms with E-state index in [1.165, 1.54) is 0 Å². The molecule has 0 saturated heterocycles. The maximum Gasteiger partial charge on any atom is 0.315 e. The Morgan fingerprint density at radius 2 is 1.91 bits per heavy atom. The minimum atomic E-state index is -1.26. The predicted molar refractivity (Wildman–Crippen MR) is 81.4 cm³/mol. The molecule has 1 unspecified atom stereocenters. The second kappa shape index (κ2) is 6.27. The molecule has 0 fully saturated rings. The van der Waals surface area contributed by atoms with Gasteiger partial charge in [-0.1, -0.05) is 0 Å². The van der Waals surface area contributed by atoms with Crippen molar-refractivity contribution in [2.45, 2.75) is 39.8 Å². The van der Waals surface area contributed by atoms with Crippen LogP contribution in [0.5, 0.6) is 0 Å². The number of aryl methyl sites for hydroxylation is 3. The average molecular weight is 306 g/mol. The van der Waals surface area contributed by atoms with E-state index in [4.69, 9.17) is 8.83 Å². The van der Waals surface area contributed by atoms with Crippen LogP contribution in [0.1, 0.15) is 35.5 Å². The van der Waals surface area contributed by atoms with Crippen molar-refractivity contribution in [1.29, 1.82) is 0 Å². The third-order valence-electron chi connectivity index (χ3n) is 3.45. The number of hydrogen-bond donors (Lipinski definition) is 3. The molecule has 2 amide bonds. The van der Waals surface area contributed by atoms with Crippen molar-refractivity contribution in [1.82, 2.24) is 10.6 Å². The molecule has 2 heterocycles. The Labute approximate surface area is 129 Å². The number of amides is 2. The molecule has 3 N–H and O–H groups in total. The fourth-order valence-corrected chi connectivity index (χ4v) is 2.16. The van der Waals surface area contributed by atoms with Crippen LogP contribution >= 0.6 is 0 Å². The summed E-state index contributed by atoms with van der Waals surface area (Å²) in [4.78, 5) is 11.8. The molecule has 6 heteroatoms. The zero-order valence-corrected chi connectivity index (χ0v) is 13.3. The van der Waals surface area contributed by atoms with Crippen molar-refractivity contribution >= 4 is 6.03 Å². The maximum atomic E-state index is 11.8. The molecule has 2 rings (SSSR count). The molecule has 0 aliphatic rings. The minimum Gasteiger partial charge on any atom is -0.466 e. The summed E-state index contributed by atoms with van der Waals surface area (Å²) in [7, 11) is 0. The summed E-state index contributed by atoms with van der Waals surface area (Å²) in [6.07, 6.45) is 0. The van der Waals surface area contributed by atoms with Crippen LogP contribution in [0.2, 0.25) is 0 Å². The van der Waals surface area contributed by atoms with Crippen molar-refractivity contribution in [2.75, 3.05) is 6.54 Å². The van der Waals surface area contributed by atoms with Gasteiger partial charge in [0.25, 0.3) is 0 Å². The number of hydrogen-bond acceptors (Lipinski definition) is 4. The van der Waals surface area contributed by atoms with Crippen LogP contribution < -0.4 is 10.6 Å². The number of aliphatic hydroxyl groups is 1. The number of urea groups is 1. The molecule has 1 atom stereocenters. The number of furan rings is 2. The highest BCUT2D eigenvalue weighted by Gasteiger charge is 2.27. The molecule has 0 aromatic carbocycles. The molecule has 2 aromatic rings. The van der Waals surface area contributed by atoms with Crippen LogP contribution in [-0.4, -0.2) is 17.7 Å². The van der Waals surface area contributed by atoms with E-state index >= 15 is 0 Å². The smallest absolute Gasteiger partial charge is 0.315 e. The molecular formula is C16H22N2O4. The molecule has 0 saturated carbocycles. The zero-order chi connectivity index (χ0) is 16.3. The Hall–Kier alpha value is -2.21. The van der Waals surface area contributed by atoms with Gasteiger partial charge < -0.3 is 24.6 Å². The summed E-state index contributed by atoms with van der Waals surface area (Å²) in [6.45, 7) is 7.53. The van der Waals surface area contributed by atoms with Gasteiger partial charge in [0.15, 0.2) is 0 Å². The van der Waals surface area contributed by atoms with E-state index in [0.717, 1.165) is 17.1 Å². The van der Waals surface area contributed by atoms with Gasteiger partial charge in [-0.3, -0.25) is 0 Å². The van der Waals surface area contributed by atoms with Gasteiger partial charge in [-0.2, -0.15) is 0 Å². The van der Waals surface area contributed by atoms with Gasteiger partial charge in [0.1, 0.15) is 28.6 Å². The van der Waals surface area contributed by atoms with Crippen molar-refractivity contribution in [3.8, 4) is 0 Å². The standard InChI is InChI=1S/C16H22N2O4/c1-10-5-6-14(22-10)16(4,20)9-18-15(19)17-8-13-7-11(2)21-12(13)3/h5-7,20H,8-9H2,1-4H3,(H2,17,18,19). The Kier molecular flexibility index (Phi) is 4.61. The molecule has 0 spiro atoms. The second-order valence-electron chi connectivity index (χ2n) is 5.66. The summed E-state index contributed by atoms with van der Waals surface area (Å²) < 4.78 is 10.8. The van der Waals surface area contributed by atoms with Crippen LogP contribution in [-0.2, 0) is 12.1 Å². The minimum absolute atomic E-state index is 0.0508. The Bertz CT molecular complexity index is 655. The van der Waals surface area contributed by atoms with Crippen LogP contribution in [0.4, 0.5) is 4.79 Å². The van der Waals surface area contributed by atoms with Gasteiger partial charge in [-0.15, -0.1) is 0 Å². The Balaban J connectivity index is 1.83. The van der Waals surface area contributed by atoms with Crippen molar-refractivity contribution < 1.29 is 18.7 Å². The fraction of sp³-hybridized carbons (Fsp3) is 0.438. The number of carbonyl (C=O) groups excluding carboxylic acids is 1. The first-order valence-electron chi connectivity index (χ1n) is 7.15. The summed E-state index contributed by atoms with van der Waals surface area (Å²) in [5, 5.41) is 15.7. The lowest BCUT2D eigenvalue weighted by Gasteiger charge is -2.21.